The van der Waals surface area contributed by atoms with Crippen LogP contribution in [0.3, 0.4) is 0 Å². The van der Waals surface area contributed by atoms with Crippen molar-refractivity contribution < 1.29 is 8.78 Å². The summed E-state index contributed by atoms with van der Waals surface area (Å²) < 4.78 is 26.4. The zero-order valence-corrected chi connectivity index (χ0v) is 8.71. The van der Waals surface area contributed by atoms with E-state index in [0.717, 1.165) is 0 Å². The standard InChI is InChI=1S/C9H7F2NS2/c10-9(11)4-1-2-6(12)5-3-7(13)14-8(4)5/h1-3,9,13H,12H2. The summed E-state index contributed by atoms with van der Waals surface area (Å²) in [5, 5.41) is 0.665. The van der Waals surface area contributed by atoms with E-state index in [4.69, 9.17) is 5.73 Å². The van der Waals surface area contributed by atoms with Gasteiger partial charge in [0, 0.05) is 21.3 Å². The van der Waals surface area contributed by atoms with E-state index in [0.29, 0.717) is 20.0 Å². The molecule has 0 fully saturated rings. The number of thiol groups is 1. The van der Waals surface area contributed by atoms with Gasteiger partial charge in [0.25, 0.3) is 6.43 Å². The summed E-state index contributed by atoms with van der Waals surface area (Å²) in [7, 11) is 0. The Kier molecular flexibility index (Phi) is 2.36. The van der Waals surface area contributed by atoms with Gasteiger partial charge in [-0.3, -0.25) is 0 Å². The van der Waals surface area contributed by atoms with E-state index in [2.05, 4.69) is 12.6 Å². The number of benzene rings is 1. The fourth-order valence-electron chi connectivity index (χ4n) is 1.32. The van der Waals surface area contributed by atoms with Gasteiger partial charge >= 0.3 is 0 Å². The Morgan fingerprint density at radius 1 is 1.36 bits per heavy atom. The SMILES string of the molecule is Nc1ccc(C(F)F)c2sc(S)cc12. The van der Waals surface area contributed by atoms with Crippen molar-refractivity contribution in [1.29, 1.82) is 0 Å². The molecule has 2 rings (SSSR count). The highest BCUT2D eigenvalue weighted by atomic mass is 32.2. The Balaban J connectivity index is 2.81. The van der Waals surface area contributed by atoms with Gasteiger partial charge in [-0.25, -0.2) is 8.78 Å². The molecule has 0 saturated heterocycles. The van der Waals surface area contributed by atoms with Gasteiger partial charge < -0.3 is 5.73 Å². The van der Waals surface area contributed by atoms with Crippen LogP contribution in [-0.4, -0.2) is 0 Å². The summed E-state index contributed by atoms with van der Waals surface area (Å²) in [6.45, 7) is 0. The first-order valence-electron chi connectivity index (χ1n) is 3.88. The number of thiophene rings is 1. The number of alkyl halides is 2. The molecule has 14 heavy (non-hydrogen) atoms. The molecule has 0 aliphatic heterocycles. The molecule has 0 saturated carbocycles. The summed E-state index contributed by atoms with van der Waals surface area (Å²) in [6.07, 6.45) is -2.47. The number of nitrogens with two attached hydrogens (primary N) is 1. The highest BCUT2D eigenvalue weighted by Crippen LogP contribution is 2.38. The van der Waals surface area contributed by atoms with Crippen LogP contribution in [0.15, 0.2) is 22.4 Å². The van der Waals surface area contributed by atoms with Crippen molar-refractivity contribution in [3.8, 4) is 0 Å². The van der Waals surface area contributed by atoms with Gasteiger partial charge in [0.05, 0.1) is 4.21 Å². The second-order valence-electron chi connectivity index (χ2n) is 2.87. The van der Waals surface area contributed by atoms with E-state index < -0.39 is 6.43 Å². The summed E-state index contributed by atoms with van der Waals surface area (Å²) in [5.74, 6) is 0. The molecular formula is C9H7F2NS2. The minimum absolute atomic E-state index is 0.0273. The van der Waals surface area contributed by atoms with Gasteiger partial charge in [-0.15, -0.1) is 24.0 Å². The molecule has 5 heteroatoms. The molecular weight excluding hydrogens is 224 g/mol. The first kappa shape index (κ1) is 9.73. The fraction of sp³-hybridized carbons (Fsp3) is 0.111. The molecule has 1 heterocycles. The van der Waals surface area contributed by atoms with Crippen LogP contribution in [0.2, 0.25) is 0 Å². The maximum atomic E-state index is 12.6. The van der Waals surface area contributed by atoms with Crippen LogP contribution in [0, 0.1) is 0 Å². The van der Waals surface area contributed by atoms with Crippen molar-refractivity contribution >= 4 is 39.7 Å². The van der Waals surface area contributed by atoms with Gasteiger partial charge in [0.15, 0.2) is 0 Å². The van der Waals surface area contributed by atoms with Crippen LogP contribution in [0.5, 0.6) is 0 Å². The zero-order valence-electron chi connectivity index (χ0n) is 7.00. The molecule has 0 bridgehead atoms. The number of nitrogen functional groups attached to an aromatic ring is 1. The third-order valence-electron chi connectivity index (χ3n) is 1.97. The Morgan fingerprint density at radius 2 is 2.07 bits per heavy atom. The average Bonchev–Trinajstić information content (AvgIpc) is 2.47. The van der Waals surface area contributed by atoms with Gasteiger partial charge in [0.2, 0.25) is 0 Å². The monoisotopic (exact) mass is 231 g/mol. The first-order chi connectivity index (χ1) is 6.59. The second-order valence-corrected chi connectivity index (χ2v) is 4.71. The predicted molar refractivity (Wildman–Crippen MR) is 58.4 cm³/mol. The molecule has 0 spiro atoms. The maximum absolute atomic E-state index is 12.6. The van der Waals surface area contributed by atoms with Crippen LogP contribution >= 0.6 is 24.0 Å². The Hall–Kier alpha value is -0.810. The topological polar surface area (TPSA) is 26.0 Å². The van der Waals surface area contributed by atoms with E-state index in [1.807, 2.05) is 0 Å². The minimum atomic E-state index is -2.47. The fourth-order valence-corrected chi connectivity index (χ4v) is 2.67. The lowest BCUT2D eigenvalue weighted by Gasteiger charge is -2.02. The second kappa shape index (κ2) is 3.40. The molecule has 1 aromatic carbocycles. The number of anilines is 1. The predicted octanol–water partition coefficient (Wildman–Crippen LogP) is 3.71. The van der Waals surface area contributed by atoms with Crippen molar-refractivity contribution in [3.63, 3.8) is 0 Å². The Labute approximate surface area is 88.9 Å². The van der Waals surface area contributed by atoms with Crippen LogP contribution in [0.1, 0.15) is 12.0 Å². The summed E-state index contributed by atoms with van der Waals surface area (Å²) in [6, 6.07) is 4.58. The largest absolute Gasteiger partial charge is 0.398 e. The molecule has 0 unspecified atom stereocenters. The molecule has 2 N–H and O–H groups in total. The third-order valence-corrected chi connectivity index (χ3v) is 3.36. The molecule has 1 nitrogen and oxygen atoms in total. The van der Waals surface area contributed by atoms with Crippen LogP contribution in [0.25, 0.3) is 10.1 Å². The van der Waals surface area contributed by atoms with E-state index >= 15 is 0 Å². The lowest BCUT2D eigenvalue weighted by Crippen LogP contribution is -1.89. The Bertz CT molecular complexity index is 479. The number of fused-ring (bicyclic) bond motifs is 1. The summed E-state index contributed by atoms with van der Waals surface area (Å²) >= 11 is 5.35. The van der Waals surface area contributed by atoms with Crippen LogP contribution in [-0.2, 0) is 0 Å². The number of hydrogen-bond acceptors (Lipinski definition) is 3. The quantitative estimate of drug-likeness (QED) is 0.568. The van der Waals surface area contributed by atoms with E-state index in [9.17, 15) is 8.78 Å². The van der Waals surface area contributed by atoms with Crippen LogP contribution < -0.4 is 5.73 Å². The molecule has 0 radical (unpaired) electrons. The molecule has 2 aromatic rings. The van der Waals surface area contributed by atoms with Crippen molar-refractivity contribution in [2.75, 3.05) is 5.73 Å². The van der Waals surface area contributed by atoms with Crippen LogP contribution in [0.4, 0.5) is 14.5 Å². The molecule has 0 atom stereocenters. The molecule has 0 aliphatic rings. The van der Waals surface area contributed by atoms with E-state index in [1.165, 1.54) is 23.5 Å². The number of halogens is 2. The van der Waals surface area contributed by atoms with E-state index in [-0.39, 0.29) is 5.56 Å². The smallest absolute Gasteiger partial charge is 0.265 e. The van der Waals surface area contributed by atoms with Gasteiger partial charge in [-0.2, -0.15) is 0 Å². The zero-order chi connectivity index (χ0) is 10.3. The first-order valence-corrected chi connectivity index (χ1v) is 5.15. The maximum Gasteiger partial charge on any atom is 0.265 e. The van der Waals surface area contributed by atoms with Gasteiger partial charge in [-0.05, 0) is 18.2 Å². The Morgan fingerprint density at radius 3 is 2.71 bits per heavy atom. The molecule has 1 aromatic heterocycles. The molecule has 74 valence electrons. The highest BCUT2D eigenvalue weighted by Gasteiger charge is 2.14. The van der Waals surface area contributed by atoms with E-state index in [1.54, 1.807) is 6.07 Å². The number of rotatable bonds is 1. The summed E-state index contributed by atoms with van der Waals surface area (Å²) in [5.41, 5.74) is 6.21. The third kappa shape index (κ3) is 1.46. The molecule has 0 aliphatic carbocycles. The highest BCUT2D eigenvalue weighted by molar-refractivity contribution is 7.83. The average molecular weight is 231 g/mol. The van der Waals surface area contributed by atoms with Crippen molar-refractivity contribution in [2.45, 2.75) is 10.6 Å². The van der Waals surface area contributed by atoms with Crippen molar-refractivity contribution in [1.82, 2.24) is 0 Å². The number of hydrogen-bond donors (Lipinski definition) is 2. The minimum Gasteiger partial charge on any atom is -0.398 e. The van der Waals surface area contributed by atoms with Crippen molar-refractivity contribution in [2.24, 2.45) is 0 Å². The normalized spacial score (nSPS) is 11.4. The van der Waals surface area contributed by atoms with Gasteiger partial charge in [-0.1, -0.05) is 0 Å². The van der Waals surface area contributed by atoms with Crippen molar-refractivity contribution in [3.05, 3.63) is 23.8 Å². The van der Waals surface area contributed by atoms with Gasteiger partial charge in [0.1, 0.15) is 0 Å². The summed E-state index contributed by atoms with van der Waals surface area (Å²) in [4.78, 5) is 0. The lowest BCUT2D eigenvalue weighted by molar-refractivity contribution is 0.153. The molecule has 0 amide bonds. The lowest BCUT2D eigenvalue weighted by atomic mass is 10.1.